The summed E-state index contributed by atoms with van der Waals surface area (Å²) < 4.78 is 1.11. The number of rotatable bonds is 5. The summed E-state index contributed by atoms with van der Waals surface area (Å²) >= 11 is 3.58. The zero-order valence-corrected chi connectivity index (χ0v) is 14.6. The number of benzene rings is 1. The molecule has 1 aliphatic carbocycles. The van der Waals surface area contributed by atoms with Gasteiger partial charge < -0.3 is 15.5 Å². The van der Waals surface area contributed by atoms with E-state index >= 15 is 0 Å². The smallest absolute Gasteiger partial charge is 0.0423 e. The molecule has 1 aromatic carbocycles. The van der Waals surface area contributed by atoms with E-state index in [2.05, 4.69) is 65.1 Å². The van der Waals surface area contributed by atoms with Crippen molar-refractivity contribution in [3.8, 4) is 0 Å². The van der Waals surface area contributed by atoms with Gasteiger partial charge in [0.2, 0.25) is 0 Å². The first-order valence-electron chi connectivity index (χ1n) is 7.29. The van der Waals surface area contributed by atoms with Crippen LogP contribution in [0.5, 0.6) is 0 Å². The number of hydrogen-bond acceptors (Lipinski definition) is 3. The maximum atomic E-state index is 6.12. The van der Waals surface area contributed by atoms with Crippen LogP contribution in [0.3, 0.4) is 0 Å². The Hall–Kier alpha value is -0.580. The van der Waals surface area contributed by atoms with E-state index in [1.165, 1.54) is 30.5 Å². The molecule has 1 unspecified atom stereocenters. The van der Waals surface area contributed by atoms with Crippen LogP contribution < -0.4 is 10.6 Å². The third-order valence-corrected chi connectivity index (χ3v) is 5.15. The number of nitrogens with zero attached hydrogens (tertiary/aromatic N) is 2. The molecule has 0 spiro atoms. The molecule has 0 saturated heterocycles. The Morgan fingerprint density at radius 2 is 1.95 bits per heavy atom. The lowest BCUT2D eigenvalue weighted by atomic mass is 9.75. The fourth-order valence-corrected chi connectivity index (χ4v) is 3.44. The van der Waals surface area contributed by atoms with E-state index in [1.54, 1.807) is 0 Å². The standard InChI is InChI=1S/C16H26BrN3/c1-12(18)14-7-6-13(17)10-15(14)20(4)11-16(19(2)3)8-5-9-16/h6-7,10,12H,5,8-9,11,18H2,1-4H3. The maximum Gasteiger partial charge on any atom is 0.0423 e. The molecule has 1 saturated carbocycles. The minimum absolute atomic E-state index is 0.0530. The highest BCUT2D eigenvalue weighted by atomic mass is 79.9. The molecule has 1 aromatic rings. The summed E-state index contributed by atoms with van der Waals surface area (Å²) in [6, 6.07) is 6.43. The zero-order valence-electron chi connectivity index (χ0n) is 13.0. The number of anilines is 1. The van der Waals surface area contributed by atoms with Crippen LogP contribution in [0.2, 0.25) is 0 Å². The third-order valence-electron chi connectivity index (χ3n) is 4.66. The van der Waals surface area contributed by atoms with Crippen LogP contribution in [0.1, 0.15) is 37.8 Å². The normalized spacial score (nSPS) is 18.8. The first-order valence-corrected chi connectivity index (χ1v) is 8.09. The van der Waals surface area contributed by atoms with Crippen molar-refractivity contribution in [2.45, 2.75) is 37.8 Å². The van der Waals surface area contributed by atoms with Gasteiger partial charge in [-0.2, -0.15) is 0 Å². The Morgan fingerprint density at radius 3 is 2.40 bits per heavy atom. The van der Waals surface area contributed by atoms with Crippen molar-refractivity contribution in [3.05, 3.63) is 28.2 Å². The molecule has 1 aliphatic rings. The largest absolute Gasteiger partial charge is 0.372 e. The Balaban J connectivity index is 2.24. The van der Waals surface area contributed by atoms with E-state index in [9.17, 15) is 0 Å². The molecule has 0 radical (unpaired) electrons. The predicted octanol–water partition coefficient (Wildman–Crippen LogP) is 3.39. The molecule has 3 nitrogen and oxygen atoms in total. The molecule has 2 rings (SSSR count). The first kappa shape index (κ1) is 15.8. The topological polar surface area (TPSA) is 32.5 Å². The second-order valence-electron chi connectivity index (χ2n) is 6.32. The summed E-state index contributed by atoms with van der Waals surface area (Å²) in [4.78, 5) is 4.75. The van der Waals surface area contributed by atoms with Crippen LogP contribution in [-0.2, 0) is 0 Å². The highest BCUT2D eigenvalue weighted by Gasteiger charge is 2.40. The molecule has 1 atom stereocenters. The SMILES string of the molecule is CC(N)c1ccc(Br)cc1N(C)CC1(N(C)C)CCC1. The van der Waals surface area contributed by atoms with Crippen molar-refractivity contribution in [1.29, 1.82) is 0 Å². The molecule has 112 valence electrons. The molecule has 0 heterocycles. The molecular formula is C16H26BrN3. The quantitative estimate of drug-likeness (QED) is 0.892. The van der Waals surface area contributed by atoms with Crippen molar-refractivity contribution in [3.63, 3.8) is 0 Å². The van der Waals surface area contributed by atoms with Crippen LogP contribution >= 0.6 is 15.9 Å². The van der Waals surface area contributed by atoms with Gasteiger partial charge in [0.25, 0.3) is 0 Å². The van der Waals surface area contributed by atoms with Crippen LogP contribution in [0.15, 0.2) is 22.7 Å². The molecule has 0 aliphatic heterocycles. The highest BCUT2D eigenvalue weighted by molar-refractivity contribution is 9.10. The Labute approximate surface area is 131 Å². The van der Waals surface area contributed by atoms with Gasteiger partial charge in [-0.15, -0.1) is 0 Å². The maximum absolute atomic E-state index is 6.12. The zero-order chi connectivity index (χ0) is 14.9. The molecule has 20 heavy (non-hydrogen) atoms. The van der Waals surface area contributed by atoms with E-state index in [-0.39, 0.29) is 6.04 Å². The van der Waals surface area contributed by atoms with Crippen LogP contribution in [0, 0.1) is 0 Å². The summed E-state index contributed by atoms with van der Waals surface area (Å²) in [6.45, 7) is 3.10. The van der Waals surface area contributed by atoms with Crippen LogP contribution in [0.4, 0.5) is 5.69 Å². The lowest BCUT2D eigenvalue weighted by Crippen LogP contribution is -2.56. The summed E-state index contributed by atoms with van der Waals surface area (Å²) in [5.41, 5.74) is 8.90. The number of halogens is 1. The molecule has 0 amide bonds. The van der Waals surface area contributed by atoms with Crippen molar-refractivity contribution < 1.29 is 0 Å². The molecule has 0 aromatic heterocycles. The van der Waals surface area contributed by atoms with Crippen molar-refractivity contribution >= 4 is 21.6 Å². The van der Waals surface area contributed by atoms with E-state index in [0.717, 1.165) is 11.0 Å². The van der Waals surface area contributed by atoms with Crippen molar-refractivity contribution in [2.24, 2.45) is 5.73 Å². The second-order valence-corrected chi connectivity index (χ2v) is 7.24. The van der Waals surface area contributed by atoms with Crippen molar-refractivity contribution in [1.82, 2.24) is 4.90 Å². The lowest BCUT2D eigenvalue weighted by molar-refractivity contribution is 0.0683. The second kappa shape index (κ2) is 6.04. The number of nitrogens with two attached hydrogens (primary N) is 1. The van der Waals surface area contributed by atoms with Crippen LogP contribution in [0.25, 0.3) is 0 Å². The van der Waals surface area contributed by atoms with Gasteiger partial charge in [0.05, 0.1) is 0 Å². The molecular weight excluding hydrogens is 314 g/mol. The molecule has 0 bridgehead atoms. The van der Waals surface area contributed by atoms with E-state index in [1.807, 2.05) is 6.92 Å². The highest BCUT2D eigenvalue weighted by Crippen LogP contribution is 2.38. The third kappa shape index (κ3) is 3.02. The van der Waals surface area contributed by atoms with Gasteiger partial charge in [-0.25, -0.2) is 0 Å². The lowest BCUT2D eigenvalue weighted by Gasteiger charge is -2.49. The Morgan fingerprint density at radius 1 is 1.30 bits per heavy atom. The summed E-state index contributed by atoms with van der Waals surface area (Å²) in [5.74, 6) is 0. The van der Waals surface area contributed by atoms with Gasteiger partial charge in [-0.1, -0.05) is 22.0 Å². The first-order chi connectivity index (χ1) is 9.35. The van der Waals surface area contributed by atoms with Gasteiger partial charge >= 0.3 is 0 Å². The van der Waals surface area contributed by atoms with E-state index in [4.69, 9.17) is 5.73 Å². The van der Waals surface area contributed by atoms with Gasteiger partial charge in [-0.3, -0.25) is 0 Å². The average molecular weight is 340 g/mol. The Bertz CT molecular complexity index is 467. The monoisotopic (exact) mass is 339 g/mol. The minimum atomic E-state index is 0.0530. The molecule has 1 fully saturated rings. The minimum Gasteiger partial charge on any atom is -0.372 e. The van der Waals surface area contributed by atoms with Crippen LogP contribution in [-0.4, -0.2) is 38.1 Å². The van der Waals surface area contributed by atoms with Gasteiger partial charge in [0.1, 0.15) is 0 Å². The number of likely N-dealkylation sites (N-methyl/N-ethyl adjacent to an activating group) is 2. The fraction of sp³-hybridized carbons (Fsp3) is 0.625. The summed E-state index contributed by atoms with van der Waals surface area (Å²) in [7, 11) is 6.57. The average Bonchev–Trinajstić information content (AvgIpc) is 2.32. The van der Waals surface area contributed by atoms with E-state index in [0.29, 0.717) is 5.54 Å². The molecule has 2 N–H and O–H groups in total. The molecule has 4 heteroatoms. The van der Waals surface area contributed by atoms with Gasteiger partial charge in [0, 0.05) is 35.3 Å². The van der Waals surface area contributed by atoms with Gasteiger partial charge in [0.15, 0.2) is 0 Å². The predicted molar refractivity (Wildman–Crippen MR) is 90.3 cm³/mol. The summed E-state index contributed by atoms with van der Waals surface area (Å²) in [5, 5.41) is 0. The number of hydrogen-bond donors (Lipinski definition) is 1. The Kier molecular flexibility index (Phi) is 4.77. The summed E-state index contributed by atoms with van der Waals surface area (Å²) in [6.07, 6.45) is 3.91. The van der Waals surface area contributed by atoms with E-state index < -0.39 is 0 Å². The van der Waals surface area contributed by atoms with Gasteiger partial charge in [-0.05, 0) is 58.0 Å². The van der Waals surface area contributed by atoms with Crippen molar-refractivity contribution in [2.75, 3.05) is 32.6 Å². The fourth-order valence-electron chi connectivity index (χ4n) is 3.09.